The molecule has 0 fully saturated rings. The van der Waals surface area contributed by atoms with Crippen LogP contribution in [-0.2, 0) is 14.8 Å². The van der Waals surface area contributed by atoms with E-state index >= 15 is 0 Å². The average Bonchev–Trinajstić information content (AvgIpc) is 3.26. The summed E-state index contributed by atoms with van der Waals surface area (Å²) in [6.45, 7) is 0. The summed E-state index contributed by atoms with van der Waals surface area (Å²) < 4.78 is 42.0. The van der Waals surface area contributed by atoms with Crippen molar-refractivity contribution in [3.63, 3.8) is 0 Å². The van der Waals surface area contributed by atoms with Gasteiger partial charge in [0, 0.05) is 13.1 Å². The Labute approximate surface area is 168 Å². The number of hydrogen-bond acceptors (Lipinski definition) is 6. The summed E-state index contributed by atoms with van der Waals surface area (Å²) in [6, 6.07) is 15.7. The number of ether oxygens (including phenoxy) is 2. The largest absolute Gasteiger partial charge is 0.497 e. The zero-order chi connectivity index (χ0) is 20.9. The van der Waals surface area contributed by atoms with Crippen molar-refractivity contribution >= 4 is 27.8 Å². The second kappa shape index (κ2) is 8.66. The average molecular weight is 413 g/mol. The molecule has 1 heterocycles. The van der Waals surface area contributed by atoms with E-state index in [1.54, 1.807) is 36.4 Å². The van der Waals surface area contributed by atoms with Crippen LogP contribution in [0.25, 0.3) is 6.08 Å². The quantitative estimate of drug-likeness (QED) is 0.333. The molecule has 0 aliphatic heterocycles. The summed E-state index contributed by atoms with van der Waals surface area (Å²) in [5.74, 6) is 0.813. The maximum Gasteiger partial charge on any atom is 0.336 e. The van der Waals surface area contributed by atoms with E-state index < -0.39 is 16.0 Å². The van der Waals surface area contributed by atoms with Gasteiger partial charge in [0.1, 0.15) is 17.3 Å². The predicted octanol–water partition coefficient (Wildman–Crippen LogP) is 3.73. The van der Waals surface area contributed by atoms with Gasteiger partial charge in [0.05, 0.1) is 24.0 Å². The second-order valence-electron chi connectivity index (χ2n) is 5.91. The highest BCUT2D eigenvalue weighted by atomic mass is 32.2. The molecule has 29 heavy (non-hydrogen) atoms. The Morgan fingerprint density at radius 2 is 1.66 bits per heavy atom. The fraction of sp³-hybridized carbons (Fsp3) is 0.0952. The van der Waals surface area contributed by atoms with Crippen molar-refractivity contribution in [2.75, 3.05) is 18.5 Å². The molecule has 0 saturated heterocycles. The number of methoxy groups -OCH3 is 1. The number of carbonyl (C=O) groups is 1. The van der Waals surface area contributed by atoms with Crippen molar-refractivity contribution < 1.29 is 27.1 Å². The summed E-state index contributed by atoms with van der Waals surface area (Å²) in [5.41, 5.74) is 0.423. The summed E-state index contributed by atoms with van der Waals surface area (Å²) in [4.78, 5) is 12.0. The maximum atomic E-state index is 12.8. The van der Waals surface area contributed by atoms with Gasteiger partial charge in [-0.3, -0.25) is 4.31 Å². The molecule has 0 amide bonds. The van der Waals surface area contributed by atoms with Crippen LogP contribution >= 0.6 is 0 Å². The molecule has 0 aliphatic rings. The number of hydrogen-bond donors (Lipinski definition) is 0. The standard InChI is InChI=1S/C21H19NO6S/c1-22(29(24,25)20-12-9-17(26-2)10-13-20)16-5-7-19(8-6-16)28-21(23)14-11-18-4-3-15-27-18/h3-15H,1-2H3/b14-11+. The first-order chi connectivity index (χ1) is 13.9. The number of rotatable bonds is 7. The molecule has 0 unspecified atom stereocenters. The fourth-order valence-corrected chi connectivity index (χ4v) is 3.65. The summed E-state index contributed by atoms with van der Waals surface area (Å²) in [7, 11) is -0.776. The zero-order valence-electron chi connectivity index (χ0n) is 15.8. The van der Waals surface area contributed by atoms with Crippen LogP contribution in [0.5, 0.6) is 11.5 Å². The molecule has 0 spiro atoms. The molecule has 0 aliphatic carbocycles. The smallest absolute Gasteiger partial charge is 0.336 e. The number of carbonyl (C=O) groups excluding carboxylic acids is 1. The number of furan rings is 1. The van der Waals surface area contributed by atoms with Crippen LogP contribution in [0.3, 0.4) is 0 Å². The molecule has 0 atom stereocenters. The van der Waals surface area contributed by atoms with E-state index in [0.29, 0.717) is 17.2 Å². The topological polar surface area (TPSA) is 86.0 Å². The Kier molecular flexibility index (Phi) is 6.04. The van der Waals surface area contributed by atoms with E-state index in [-0.39, 0.29) is 10.6 Å². The van der Waals surface area contributed by atoms with Crippen molar-refractivity contribution in [3.8, 4) is 11.5 Å². The molecular weight excluding hydrogens is 394 g/mol. The Morgan fingerprint density at radius 1 is 1.00 bits per heavy atom. The summed E-state index contributed by atoms with van der Waals surface area (Å²) >= 11 is 0. The van der Waals surface area contributed by atoms with Gasteiger partial charge in [-0.05, 0) is 66.7 Å². The number of nitrogens with zero attached hydrogens (tertiary/aromatic N) is 1. The van der Waals surface area contributed by atoms with Gasteiger partial charge in [0.2, 0.25) is 0 Å². The van der Waals surface area contributed by atoms with Gasteiger partial charge in [0.25, 0.3) is 10.0 Å². The summed E-state index contributed by atoms with van der Waals surface area (Å²) in [5, 5.41) is 0. The van der Waals surface area contributed by atoms with E-state index in [2.05, 4.69) is 0 Å². The molecule has 150 valence electrons. The van der Waals surface area contributed by atoms with Gasteiger partial charge in [-0.1, -0.05) is 0 Å². The third-order valence-corrected chi connectivity index (χ3v) is 5.86. The minimum Gasteiger partial charge on any atom is -0.497 e. The van der Waals surface area contributed by atoms with Crippen LogP contribution in [0.15, 0.2) is 82.3 Å². The lowest BCUT2D eigenvalue weighted by Gasteiger charge is -2.20. The molecule has 8 heteroatoms. The Morgan fingerprint density at radius 3 is 2.24 bits per heavy atom. The normalized spacial score (nSPS) is 11.4. The van der Waals surface area contributed by atoms with Gasteiger partial charge in [-0.2, -0.15) is 0 Å². The highest BCUT2D eigenvalue weighted by molar-refractivity contribution is 7.92. The first-order valence-electron chi connectivity index (χ1n) is 8.56. The number of benzene rings is 2. The molecular formula is C21H19NO6S. The van der Waals surface area contributed by atoms with E-state index in [1.165, 1.54) is 56.8 Å². The van der Waals surface area contributed by atoms with Crippen LogP contribution in [0.2, 0.25) is 0 Å². The van der Waals surface area contributed by atoms with Gasteiger partial charge >= 0.3 is 5.97 Å². The van der Waals surface area contributed by atoms with Crippen molar-refractivity contribution in [1.29, 1.82) is 0 Å². The zero-order valence-corrected chi connectivity index (χ0v) is 16.6. The van der Waals surface area contributed by atoms with Crippen LogP contribution in [0, 0.1) is 0 Å². The molecule has 2 aromatic carbocycles. The molecule has 0 radical (unpaired) electrons. The number of esters is 1. The van der Waals surface area contributed by atoms with Gasteiger partial charge < -0.3 is 13.9 Å². The van der Waals surface area contributed by atoms with Crippen LogP contribution in [0.4, 0.5) is 5.69 Å². The minimum absolute atomic E-state index is 0.138. The second-order valence-corrected chi connectivity index (χ2v) is 7.88. The minimum atomic E-state index is -3.74. The third-order valence-electron chi connectivity index (χ3n) is 4.06. The Bertz CT molecular complexity index is 1090. The molecule has 0 N–H and O–H groups in total. The van der Waals surface area contributed by atoms with E-state index in [4.69, 9.17) is 13.9 Å². The first-order valence-corrected chi connectivity index (χ1v) is 10.0. The highest BCUT2D eigenvalue weighted by Crippen LogP contribution is 2.25. The SMILES string of the molecule is COc1ccc(S(=O)(=O)N(C)c2ccc(OC(=O)/C=C/c3ccco3)cc2)cc1. The van der Waals surface area contributed by atoms with Crippen molar-refractivity contribution in [1.82, 2.24) is 0 Å². The Balaban J connectivity index is 1.69. The van der Waals surface area contributed by atoms with E-state index in [1.807, 2.05) is 0 Å². The molecule has 0 saturated carbocycles. The first kappa shape index (κ1) is 20.2. The van der Waals surface area contributed by atoms with E-state index in [0.717, 1.165) is 4.31 Å². The van der Waals surface area contributed by atoms with E-state index in [9.17, 15) is 13.2 Å². The maximum absolute atomic E-state index is 12.8. The lowest BCUT2D eigenvalue weighted by Crippen LogP contribution is -2.26. The predicted molar refractivity (Wildman–Crippen MR) is 108 cm³/mol. The lowest BCUT2D eigenvalue weighted by atomic mass is 10.3. The molecule has 3 rings (SSSR count). The fourth-order valence-electron chi connectivity index (χ4n) is 2.46. The van der Waals surface area contributed by atoms with Crippen LogP contribution < -0.4 is 13.8 Å². The molecule has 1 aromatic heterocycles. The highest BCUT2D eigenvalue weighted by Gasteiger charge is 2.21. The van der Waals surface area contributed by atoms with Gasteiger partial charge in [0.15, 0.2) is 0 Å². The monoisotopic (exact) mass is 413 g/mol. The molecule has 3 aromatic rings. The third kappa shape index (κ3) is 4.85. The Hall–Kier alpha value is -3.52. The lowest BCUT2D eigenvalue weighted by molar-refractivity contribution is -0.128. The van der Waals surface area contributed by atoms with Crippen LogP contribution in [0.1, 0.15) is 5.76 Å². The molecule has 7 nitrogen and oxygen atoms in total. The number of anilines is 1. The van der Waals surface area contributed by atoms with Crippen molar-refractivity contribution in [3.05, 3.63) is 78.8 Å². The van der Waals surface area contributed by atoms with Gasteiger partial charge in [-0.25, -0.2) is 13.2 Å². The molecule has 0 bridgehead atoms. The van der Waals surface area contributed by atoms with Crippen LogP contribution in [-0.4, -0.2) is 28.5 Å². The number of sulfonamides is 1. The van der Waals surface area contributed by atoms with Gasteiger partial charge in [-0.15, -0.1) is 0 Å². The summed E-state index contributed by atoms with van der Waals surface area (Å²) in [6.07, 6.45) is 4.24. The van der Waals surface area contributed by atoms with Crippen molar-refractivity contribution in [2.24, 2.45) is 0 Å². The van der Waals surface area contributed by atoms with Crippen molar-refractivity contribution in [2.45, 2.75) is 4.90 Å².